The minimum Gasteiger partial charge on any atom is -0.368 e. The number of thiazole rings is 1. The molecule has 1 fully saturated rings. The monoisotopic (exact) mass is 510 g/mol. The van der Waals surface area contributed by atoms with Crippen LogP contribution in [0.2, 0.25) is 0 Å². The van der Waals surface area contributed by atoms with Crippen LogP contribution in [0, 0.1) is 25.2 Å². The zero-order chi connectivity index (χ0) is 19.2. The van der Waals surface area contributed by atoms with Gasteiger partial charge in [-0.25, -0.2) is 4.98 Å². The first kappa shape index (κ1) is 22.4. The van der Waals surface area contributed by atoms with Crippen LogP contribution in [0.5, 0.6) is 0 Å². The van der Waals surface area contributed by atoms with Crippen molar-refractivity contribution in [2.75, 3.05) is 25.0 Å². The average molecular weight is 510 g/mol. The molecule has 6 nitrogen and oxygen atoms in total. The van der Waals surface area contributed by atoms with Gasteiger partial charge in [0.25, 0.3) is 0 Å². The van der Waals surface area contributed by atoms with E-state index in [1.165, 1.54) is 4.88 Å². The number of hydrogen-bond acceptors (Lipinski definition) is 5. The van der Waals surface area contributed by atoms with Gasteiger partial charge in [0, 0.05) is 31.1 Å². The summed E-state index contributed by atoms with van der Waals surface area (Å²) in [7, 11) is 1.79. The van der Waals surface area contributed by atoms with Gasteiger partial charge in [0.1, 0.15) is 11.1 Å². The first-order valence-corrected chi connectivity index (χ1v) is 10.1. The summed E-state index contributed by atoms with van der Waals surface area (Å²) in [5.74, 6) is 0.793. The molecule has 1 aromatic heterocycles. The Balaban J connectivity index is 0.00000280. The van der Waals surface area contributed by atoms with Gasteiger partial charge in [-0.3, -0.25) is 4.99 Å². The fraction of sp³-hybridized carbons (Fsp3) is 0.450. The molecule has 3 rings (SSSR count). The molecule has 0 saturated carbocycles. The number of anilines is 1. The Morgan fingerprint density at radius 1 is 1.39 bits per heavy atom. The van der Waals surface area contributed by atoms with Gasteiger partial charge in [0.2, 0.25) is 0 Å². The number of aromatic nitrogens is 1. The number of aliphatic imine (C=N–C) groups is 1. The van der Waals surface area contributed by atoms with Gasteiger partial charge < -0.3 is 15.5 Å². The molecule has 1 aliphatic heterocycles. The average Bonchev–Trinajstić information content (AvgIpc) is 3.02. The second kappa shape index (κ2) is 10.6. The fourth-order valence-electron chi connectivity index (χ4n) is 3.32. The number of halogens is 1. The lowest BCUT2D eigenvalue weighted by atomic mass is 10.0. The van der Waals surface area contributed by atoms with Crippen molar-refractivity contribution in [3.8, 4) is 6.07 Å². The topological polar surface area (TPSA) is 76.3 Å². The van der Waals surface area contributed by atoms with Crippen LogP contribution in [0.15, 0.2) is 29.3 Å². The van der Waals surface area contributed by atoms with E-state index < -0.39 is 0 Å². The number of hydrogen-bond donors (Lipinski definition) is 2. The standard InChI is InChI=1S/C20H26N6S.HI/c1-14-15(2)27-19(24-14)12-23-20(22-3)25-17-8-6-10-26(13-17)18-9-5-4-7-16(18)11-21;/h4-5,7,9,17H,6,8,10,12-13H2,1-3H3,(H2,22,23,25);1H. The summed E-state index contributed by atoms with van der Waals surface area (Å²) in [6, 6.07) is 10.4. The van der Waals surface area contributed by atoms with Gasteiger partial charge in [-0.1, -0.05) is 12.1 Å². The van der Waals surface area contributed by atoms with Gasteiger partial charge in [0.15, 0.2) is 5.96 Å². The maximum atomic E-state index is 9.37. The van der Waals surface area contributed by atoms with Crippen molar-refractivity contribution in [3.63, 3.8) is 0 Å². The number of aryl methyl sites for hydroxylation is 2. The third-order valence-electron chi connectivity index (χ3n) is 4.83. The molecule has 0 radical (unpaired) electrons. The summed E-state index contributed by atoms with van der Waals surface area (Å²) >= 11 is 1.72. The second-order valence-corrected chi connectivity index (χ2v) is 8.02. The number of nitriles is 1. The molecule has 1 aliphatic rings. The van der Waals surface area contributed by atoms with E-state index in [0.717, 1.165) is 53.8 Å². The van der Waals surface area contributed by atoms with Crippen molar-refractivity contribution in [1.29, 1.82) is 5.26 Å². The second-order valence-electron chi connectivity index (χ2n) is 6.73. The number of rotatable bonds is 4. The maximum Gasteiger partial charge on any atom is 0.191 e. The van der Waals surface area contributed by atoms with E-state index in [2.05, 4.69) is 38.5 Å². The molecular weight excluding hydrogens is 483 g/mol. The van der Waals surface area contributed by atoms with Crippen molar-refractivity contribution in [3.05, 3.63) is 45.4 Å². The molecule has 8 heteroatoms. The molecule has 0 aliphatic carbocycles. The summed E-state index contributed by atoms with van der Waals surface area (Å²) in [5.41, 5.74) is 2.84. The van der Waals surface area contributed by atoms with Gasteiger partial charge in [-0.05, 0) is 38.8 Å². The third kappa shape index (κ3) is 5.58. The van der Waals surface area contributed by atoms with Crippen molar-refractivity contribution in [2.45, 2.75) is 39.3 Å². The van der Waals surface area contributed by atoms with E-state index in [4.69, 9.17) is 0 Å². The smallest absolute Gasteiger partial charge is 0.191 e. The molecular formula is C20H27IN6S. The van der Waals surface area contributed by atoms with Crippen LogP contribution in [0.25, 0.3) is 0 Å². The molecule has 2 aromatic rings. The van der Waals surface area contributed by atoms with Crippen LogP contribution in [0.1, 0.15) is 34.0 Å². The van der Waals surface area contributed by atoms with E-state index in [0.29, 0.717) is 6.54 Å². The SMILES string of the molecule is CN=C(NCc1nc(C)c(C)s1)NC1CCCN(c2ccccc2C#N)C1.I. The maximum absolute atomic E-state index is 9.37. The number of piperidine rings is 1. The lowest BCUT2D eigenvalue weighted by Gasteiger charge is -2.35. The zero-order valence-electron chi connectivity index (χ0n) is 16.5. The van der Waals surface area contributed by atoms with Crippen LogP contribution in [0.4, 0.5) is 5.69 Å². The Bertz CT molecular complexity index is 837. The van der Waals surface area contributed by atoms with Gasteiger partial charge in [-0.2, -0.15) is 5.26 Å². The molecule has 1 aromatic carbocycles. The first-order valence-electron chi connectivity index (χ1n) is 9.25. The molecule has 1 atom stereocenters. The molecule has 1 unspecified atom stereocenters. The minimum atomic E-state index is 0. The number of benzene rings is 1. The number of nitrogens with zero attached hydrogens (tertiary/aromatic N) is 4. The van der Waals surface area contributed by atoms with E-state index in [1.54, 1.807) is 18.4 Å². The van der Waals surface area contributed by atoms with Crippen molar-refractivity contribution in [1.82, 2.24) is 15.6 Å². The number of nitrogens with one attached hydrogen (secondary N) is 2. The molecule has 1 saturated heterocycles. The molecule has 150 valence electrons. The Labute approximate surface area is 188 Å². The summed E-state index contributed by atoms with van der Waals surface area (Å²) in [6.07, 6.45) is 2.17. The molecule has 0 amide bonds. The predicted molar refractivity (Wildman–Crippen MR) is 127 cm³/mol. The van der Waals surface area contributed by atoms with E-state index in [1.807, 2.05) is 31.2 Å². The zero-order valence-corrected chi connectivity index (χ0v) is 19.7. The largest absolute Gasteiger partial charge is 0.368 e. The highest BCUT2D eigenvalue weighted by molar-refractivity contribution is 14.0. The molecule has 0 bridgehead atoms. The molecule has 2 N–H and O–H groups in total. The highest BCUT2D eigenvalue weighted by atomic mass is 127. The number of para-hydroxylation sites is 1. The number of guanidine groups is 1. The van der Waals surface area contributed by atoms with Crippen LogP contribution in [-0.2, 0) is 6.54 Å². The lowest BCUT2D eigenvalue weighted by Crippen LogP contribution is -2.51. The van der Waals surface area contributed by atoms with Crippen LogP contribution < -0.4 is 15.5 Å². The van der Waals surface area contributed by atoms with Crippen LogP contribution in [0.3, 0.4) is 0 Å². The summed E-state index contributed by atoms with van der Waals surface area (Å²) < 4.78 is 0. The van der Waals surface area contributed by atoms with E-state index >= 15 is 0 Å². The summed E-state index contributed by atoms with van der Waals surface area (Å²) in [6.45, 7) is 6.64. The van der Waals surface area contributed by atoms with E-state index in [9.17, 15) is 5.26 Å². The lowest BCUT2D eigenvalue weighted by molar-refractivity contribution is 0.468. The predicted octanol–water partition coefficient (Wildman–Crippen LogP) is 3.58. The quantitative estimate of drug-likeness (QED) is 0.374. The highest BCUT2D eigenvalue weighted by Gasteiger charge is 2.22. The molecule has 0 spiro atoms. The Kier molecular flexibility index (Phi) is 8.51. The Hall–Kier alpha value is -1.86. The van der Waals surface area contributed by atoms with Crippen LogP contribution >= 0.6 is 35.3 Å². The van der Waals surface area contributed by atoms with Gasteiger partial charge >= 0.3 is 0 Å². The van der Waals surface area contributed by atoms with Crippen molar-refractivity contribution in [2.24, 2.45) is 4.99 Å². The molecule has 28 heavy (non-hydrogen) atoms. The highest BCUT2D eigenvalue weighted by Crippen LogP contribution is 2.23. The normalized spacial score (nSPS) is 16.9. The van der Waals surface area contributed by atoms with Crippen LogP contribution in [-0.4, -0.2) is 37.1 Å². The van der Waals surface area contributed by atoms with Gasteiger partial charge in [0.05, 0.1) is 23.5 Å². The van der Waals surface area contributed by atoms with E-state index in [-0.39, 0.29) is 30.0 Å². The first-order chi connectivity index (χ1) is 13.1. The summed E-state index contributed by atoms with van der Waals surface area (Å²) in [4.78, 5) is 12.5. The Morgan fingerprint density at radius 2 is 2.18 bits per heavy atom. The van der Waals surface area contributed by atoms with Crippen molar-refractivity contribution < 1.29 is 0 Å². The molecule has 2 heterocycles. The third-order valence-corrected chi connectivity index (χ3v) is 5.90. The summed E-state index contributed by atoms with van der Waals surface area (Å²) in [5, 5.41) is 17.3. The minimum absolute atomic E-state index is 0. The van der Waals surface area contributed by atoms with Crippen molar-refractivity contribution >= 4 is 47.0 Å². The fourth-order valence-corrected chi connectivity index (χ4v) is 4.19. The Morgan fingerprint density at radius 3 is 2.86 bits per heavy atom. The van der Waals surface area contributed by atoms with Gasteiger partial charge in [-0.15, -0.1) is 35.3 Å².